The first-order chi connectivity index (χ1) is 8.15. The standard InChI is InChI=1S/C13H10BrFOS/c14-10-2-1-9(13(15)7-10)8-17-12-5-3-11(16)4-6-12/h1-7,16H,8H2. The van der Waals surface area contributed by atoms with E-state index in [4.69, 9.17) is 5.11 Å². The number of rotatable bonds is 3. The van der Waals surface area contributed by atoms with E-state index in [2.05, 4.69) is 15.9 Å². The highest BCUT2D eigenvalue weighted by Gasteiger charge is 2.03. The van der Waals surface area contributed by atoms with Crippen LogP contribution >= 0.6 is 27.7 Å². The van der Waals surface area contributed by atoms with Gasteiger partial charge in [-0.15, -0.1) is 11.8 Å². The van der Waals surface area contributed by atoms with Gasteiger partial charge >= 0.3 is 0 Å². The van der Waals surface area contributed by atoms with Crippen LogP contribution in [0.5, 0.6) is 5.75 Å². The molecule has 0 aliphatic heterocycles. The number of thioether (sulfide) groups is 1. The van der Waals surface area contributed by atoms with Crippen LogP contribution in [0.15, 0.2) is 51.8 Å². The molecule has 0 fully saturated rings. The van der Waals surface area contributed by atoms with Crippen molar-refractivity contribution in [2.24, 2.45) is 0 Å². The predicted octanol–water partition coefficient (Wildman–Crippen LogP) is 4.59. The van der Waals surface area contributed by atoms with Crippen LogP contribution in [-0.2, 0) is 5.75 Å². The summed E-state index contributed by atoms with van der Waals surface area (Å²) in [4.78, 5) is 1.00. The Hall–Kier alpha value is -1.00. The third-order valence-electron chi connectivity index (χ3n) is 2.25. The number of phenols is 1. The first-order valence-corrected chi connectivity index (χ1v) is 6.79. The van der Waals surface area contributed by atoms with Crippen molar-refractivity contribution in [2.75, 3.05) is 0 Å². The van der Waals surface area contributed by atoms with E-state index < -0.39 is 0 Å². The minimum atomic E-state index is -0.203. The van der Waals surface area contributed by atoms with Crippen LogP contribution in [0, 0.1) is 5.82 Å². The summed E-state index contributed by atoms with van der Waals surface area (Å²) in [6.07, 6.45) is 0. The summed E-state index contributed by atoms with van der Waals surface area (Å²) in [5, 5.41) is 9.14. The van der Waals surface area contributed by atoms with Gasteiger partial charge in [0.15, 0.2) is 0 Å². The quantitative estimate of drug-likeness (QED) is 0.837. The van der Waals surface area contributed by atoms with Crippen molar-refractivity contribution < 1.29 is 9.50 Å². The summed E-state index contributed by atoms with van der Waals surface area (Å²) in [5.74, 6) is 0.610. The van der Waals surface area contributed by atoms with E-state index in [-0.39, 0.29) is 11.6 Å². The summed E-state index contributed by atoms with van der Waals surface area (Å²) < 4.78 is 14.3. The molecule has 2 aromatic rings. The van der Waals surface area contributed by atoms with Crippen LogP contribution < -0.4 is 0 Å². The normalized spacial score (nSPS) is 10.5. The Morgan fingerprint density at radius 3 is 2.47 bits per heavy atom. The fourth-order valence-electron chi connectivity index (χ4n) is 1.34. The highest BCUT2D eigenvalue weighted by molar-refractivity contribution is 9.10. The molecule has 0 aliphatic rings. The Labute approximate surface area is 112 Å². The molecule has 0 unspecified atom stereocenters. The molecular weight excluding hydrogens is 303 g/mol. The van der Waals surface area contributed by atoms with Crippen LogP contribution in [-0.4, -0.2) is 5.11 Å². The second-order valence-corrected chi connectivity index (χ2v) is 5.48. The maximum Gasteiger partial charge on any atom is 0.128 e. The molecule has 0 atom stereocenters. The van der Waals surface area contributed by atoms with Gasteiger partial charge in [0, 0.05) is 15.1 Å². The lowest BCUT2D eigenvalue weighted by atomic mass is 10.2. The molecule has 0 saturated carbocycles. The zero-order chi connectivity index (χ0) is 12.3. The summed E-state index contributed by atoms with van der Waals surface area (Å²) in [5.41, 5.74) is 0.672. The van der Waals surface area contributed by atoms with E-state index in [1.54, 1.807) is 18.2 Å². The smallest absolute Gasteiger partial charge is 0.128 e. The van der Waals surface area contributed by atoms with Crippen molar-refractivity contribution in [1.29, 1.82) is 0 Å². The van der Waals surface area contributed by atoms with E-state index in [9.17, 15) is 4.39 Å². The number of hydrogen-bond donors (Lipinski definition) is 1. The number of halogens is 2. The zero-order valence-corrected chi connectivity index (χ0v) is 11.3. The summed E-state index contributed by atoms with van der Waals surface area (Å²) in [6.45, 7) is 0. The third kappa shape index (κ3) is 3.48. The molecule has 2 aromatic carbocycles. The molecule has 0 spiro atoms. The average molecular weight is 313 g/mol. The van der Waals surface area contributed by atoms with Crippen LogP contribution in [0.3, 0.4) is 0 Å². The molecule has 0 saturated heterocycles. The van der Waals surface area contributed by atoms with Crippen LogP contribution in [0.1, 0.15) is 5.56 Å². The number of phenolic OH excluding ortho intramolecular Hbond substituents is 1. The van der Waals surface area contributed by atoms with Gasteiger partial charge in [-0.25, -0.2) is 4.39 Å². The Morgan fingerprint density at radius 1 is 1.12 bits per heavy atom. The van der Waals surface area contributed by atoms with Crippen molar-refractivity contribution in [3.8, 4) is 5.75 Å². The molecule has 17 heavy (non-hydrogen) atoms. The van der Waals surface area contributed by atoms with Gasteiger partial charge in [0.2, 0.25) is 0 Å². The third-order valence-corrected chi connectivity index (χ3v) is 3.80. The molecule has 1 nitrogen and oxygen atoms in total. The maximum atomic E-state index is 13.5. The molecule has 1 N–H and O–H groups in total. The van der Waals surface area contributed by atoms with Crippen molar-refractivity contribution in [3.63, 3.8) is 0 Å². The van der Waals surface area contributed by atoms with Gasteiger partial charge in [-0.2, -0.15) is 0 Å². The maximum absolute atomic E-state index is 13.5. The van der Waals surface area contributed by atoms with Gasteiger partial charge < -0.3 is 5.11 Å². The molecule has 0 radical (unpaired) electrons. The first kappa shape index (κ1) is 12.5. The molecule has 0 bridgehead atoms. The lowest BCUT2D eigenvalue weighted by Crippen LogP contribution is -1.87. The fraction of sp³-hybridized carbons (Fsp3) is 0.0769. The molecule has 88 valence electrons. The zero-order valence-electron chi connectivity index (χ0n) is 8.86. The number of benzene rings is 2. The van der Waals surface area contributed by atoms with Crippen LogP contribution in [0.2, 0.25) is 0 Å². The van der Waals surface area contributed by atoms with E-state index in [1.807, 2.05) is 18.2 Å². The molecule has 0 amide bonds. The Morgan fingerprint density at radius 2 is 1.82 bits per heavy atom. The molecular formula is C13H10BrFOS. The van der Waals surface area contributed by atoms with Gasteiger partial charge in [0.05, 0.1) is 0 Å². The Kier molecular flexibility index (Phi) is 4.07. The topological polar surface area (TPSA) is 20.2 Å². The second kappa shape index (κ2) is 5.56. The van der Waals surface area contributed by atoms with Crippen molar-refractivity contribution in [1.82, 2.24) is 0 Å². The number of hydrogen-bond acceptors (Lipinski definition) is 2. The van der Waals surface area contributed by atoms with E-state index in [1.165, 1.54) is 17.8 Å². The van der Waals surface area contributed by atoms with Crippen molar-refractivity contribution in [3.05, 3.63) is 58.3 Å². The SMILES string of the molecule is Oc1ccc(SCc2ccc(Br)cc2F)cc1. The van der Waals surface area contributed by atoms with Crippen molar-refractivity contribution >= 4 is 27.7 Å². The minimum absolute atomic E-state index is 0.203. The van der Waals surface area contributed by atoms with Gasteiger partial charge in [-0.1, -0.05) is 22.0 Å². The van der Waals surface area contributed by atoms with Gasteiger partial charge in [-0.3, -0.25) is 0 Å². The van der Waals surface area contributed by atoms with E-state index in [0.29, 0.717) is 11.3 Å². The lowest BCUT2D eigenvalue weighted by Gasteiger charge is -2.04. The monoisotopic (exact) mass is 312 g/mol. The van der Waals surface area contributed by atoms with Gasteiger partial charge in [-0.05, 0) is 42.0 Å². The van der Waals surface area contributed by atoms with Crippen LogP contribution in [0.4, 0.5) is 4.39 Å². The highest BCUT2D eigenvalue weighted by Crippen LogP contribution is 2.26. The summed E-state index contributed by atoms with van der Waals surface area (Å²) in [6, 6.07) is 11.9. The number of aromatic hydroxyl groups is 1. The predicted molar refractivity (Wildman–Crippen MR) is 71.8 cm³/mol. The minimum Gasteiger partial charge on any atom is -0.508 e. The second-order valence-electron chi connectivity index (χ2n) is 3.52. The van der Waals surface area contributed by atoms with Gasteiger partial charge in [0.25, 0.3) is 0 Å². The summed E-state index contributed by atoms with van der Waals surface area (Å²) >= 11 is 4.76. The molecule has 4 heteroatoms. The van der Waals surface area contributed by atoms with E-state index >= 15 is 0 Å². The van der Waals surface area contributed by atoms with Gasteiger partial charge in [0.1, 0.15) is 11.6 Å². The Bertz CT molecular complexity index is 513. The molecule has 0 heterocycles. The van der Waals surface area contributed by atoms with E-state index in [0.717, 1.165) is 9.37 Å². The lowest BCUT2D eigenvalue weighted by molar-refractivity contribution is 0.475. The van der Waals surface area contributed by atoms with Crippen LogP contribution in [0.25, 0.3) is 0 Å². The summed E-state index contributed by atoms with van der Waals surface area (Å²) in [7, 11) is 0. The molecule has 0 aromatic heterocycles. The van der Waals surface area contributed by atoms with Crippen molar-refractivity contribution in [2.45, 2.75) is 10.6 Å². The molecule has 2 rings (SSSR count). The Balaban J connectivity index is 2.04. The fourth-order valence-corrected chi connectivity index (χ4v) is 2.56. The largest absolute Gasteiger partial charge is 0.508 e. The average Bonchev–Trinajstić information content (AvgIpc) is 2.30. The molecule has 0 aliphatic carbocycles. The highest BCUT2D eigenvalue weighted by atomic mass is 79.9. The first-order valence-electron chi connectivity index (χ1n) is 5.01.